The first kappa shape index (κ1) is 55.2. The monoisotopic (exact) mass is 1030 g/mol. The number of rotatable bonds is 13. The number of hydrogen-bond acceptors (Lipinski definition) is 16. The summed E-state index contributed by atoms with van der Waals surface area (Å²) in [4.78, 5) is 44.0. The van der Waals surface area contributed by atoms with Gasteiger partial charge in [0.1, 0.15) is 0 Å². The van der Waals surface area contributed by atoms with Gasteiger partial charge in [0.25, 0.3) is 0 Å². The standard InChI is InChI=1S/C24H34N4O6S2.C17H24N4O2S2.C3H5ClO2/c1-7-33-22(29)26-16-8-9-18(20(12-16)36(31,32)28-24(4,5)6)19-13-25-21(35-19)15-10-17(11-15)27-23(30)34-14(2)3;1-17(2,3)21-25(22,23)15-8-11(18)4-5-13(15)14-9-20-16(24-14)10-6-12(19)7-10;1-2-6-3(4)5/h8-9,12-15,17,28H,7,10-11H2,1-6H3,(H,26,29)(H,27,30);4-5,8-10,12,21H,6-7,18-19H2,1-3H3;2H2,1H3. The van der Waals surface area contributed by atoms with Gasteiger partial charge in [0.15, 0.2) is 0 Å². The van der Waals surface area contributed by atoms with Gasteiger partial charge >= 0.3 is 17.6 Å². The van der Waals surface area contributed by atoms with Crippen molar-refractivity contribution < 1.29 is 45.4 Å². The Labute approximate surface area is 406 Å². The van der Waals surface area contributed by atoms with Crippen LogP contribution in [0.1, 0.15) is 117 Å². The number of amides is 2. The van der Waals surface area contributed by atoms with Gasteiger partial charge < -0.3 is 31.0 Å². The first-order valence-electron chi connectivity index (χ1n) is 21.6. The minimum Gasteiger partial charge on any atom is -0.454 e. The summed E-state index contributed by atoms with van der Waals surface area (Å²) < 4.78 is 71.9. The second-order valence-corrected chi connectivity index (χ2v) is 23.9. The summed E-state index contributed by atoms with van der Waals surface area (Å²) in [5.41, 5.74) is 11.5. The molecule has 0 aliphatic heterocycles. The van der Waals surface area contributed by atoms with Crippen LogP contribution < -0.4 is 31.5 Å². The van der Waals surface area contributed by atoms with Crippen LogP contribution in [0.15, 0.2) is 58.6 Å². The zero-order valence-electron chi connectivity index (χ0n) is 39.4. The molecule has 6 rings (SSSR count). The average molecular weight is 1030 g/mol. The van der Waals surface area contributed by atoms with Crippen LogP contribution in [0.2, 0.25) is 0 Å². The molecule has 8 N–H and O–H groups in total. The van der Waals surface area contributed by atoms with Crippen molar-refractivity contribution in [3.63, 3.8) is 0 Å². The van der Waals surface area contributed by atoms with Crippen LogP contribution in [-0.2, 0) is 34.3 Å². The third kappa shape index (κ3) is 16.9. The van der Waals surface area contributed by atoms with E-state index in [0.717, 1.165) is 40.6 Å². The van der Waals surface area contributed by atoms with Crippen LogP contribution in [0, 0.1) is 0 Å². The van der Waals surface area contributed by atoms with Gasteiger partial charge in [0.05, 0.1) is 48.9 Å². The van der Waals surface area contributed by atoms with Gasteiger partial charge in [-0.1, -0.05) is 12.1 Å². The lowest BCUT2D eigenvalue weighted by Gasteiger charge is -2.34. The topological polar surface area (TPSA) is 273 Å². The molecule has 0 radical (unpaired) electrons. The lowest BCUT2D eigenvalue weighted by molar-refractivity contribution is 0.106. The number of thiazole rings is 2. The molecule has 2 fully saturated rings. The highest BCUT2D eigenvalue weighted by Crippen LogP contribution is 2.43. The van der Waals surface area contributed by atoms with Crippen LogP contribution in [0.5, 0.6) is 0 Å². The molecule has 67 heavy (non-hydrogen) atoms. The molecule has 0 saturated heterocycles. The molecule has 0 atom stereocenters. The molecule has 2 aliphatic rings. The van der Waals surface area contributed by atoms with E-state index in [-0.39, 0.29) is 40.5 Å². The van der Waals surface area contributed by atoms with Crippen molar-refractivity contribution in [3.8, 4) is 20.9 Å². The molecular weight excluding hydrogens is 964 g/mol. The van der Waals surface area contributed by atoms with Gasteiger partial charge in [-0.15, -0.1) is 22.7 Å². The van der Waals surface area contributed by atoms with Crippen molar-refractivity contribution in [1.29, 1.82) is 0 Å². The Balaban J connectivity index is 0.000000273. The molecule has 2 aromatic heterocycles. The number of carbonyl (C=O) groups is 3. The smallest absolute Gasteiger partial charge is 0.411 e. The Morgan fingerprint density at radius 3 is 1.67 bits per heavy atom. The van der Waals surface area contributed by atoms with Crippen molar-refractivity contribution >= 4 is 83.3 Å². The second-order valence-electron chi connectivity index (χ2n) is 18.2. The van der Waals surface area contributed by atoms with E-state index in [0.29, 0.717) is 39.9 Å². The number of sulfonamides is 2. The summed E-state index contributed by atoms with van der Waals surface area (Å²) in [5, 5.41) is 7.30. The van der Waals surface area contributed by atoms with Gasteiger partial charge in [-0.2, -0.15) is 0 Å². The van der Waals surface area contributed by atoms with E-state index in [9.17, 15) is 31.2 Å². The summed E-state index contributed by atoms with van der Waals surface area (Å²) in [6.45, 7) is 18.2. The van der Waals surface area contributed by atoms with Crippen molar-refractivity contribution in [2.75, 3.05) is 24.3 Å². The minimum absolute atomic E-state index is 0.0220. The van der Waals surface area contributed by atoms with Crippen LogP contribution in [0.4, 0.5) is 25.8 Å². The number of nitrogens with zero attached hydrogens (tertiary/aromatic N) is 2. The normalized spacial score (nSPS) is 18.2. The van der Waals surface area contributed by atoms with Crippen molar-refractivity contribution in [2.45, 2.75) is 146 Å². The number of anilines is 2. The number of nitrogens with two attached hydrogens (primary N) is 2. The van der Waals surface area contributed by atoms with E-state index in [2.05, 4.69) is 34.8 Å². The number of benzene rings is 2. The Morgan fingerprint density at radius 1 is 0.761 bits per heavy atom. The molecule has 0 bridgehead atoms. The average Bonchev–Trinajstić information content (AvgIpc) is 3.84. The van der Waals surface area contributed by atoms with E-state index in [1.165, 1.54) is 34.8 Å². The maximum atomic E-state index is 13.3. The second kappa shape index (κ2) is 23.3. The summed E-state index contributed by atoms with van der Waals surface area (Å²) in [6, 6.07) is 9.94. The van der Waals surface area contributed by atoms with Crippen LogP contribution >= 0.6 is 34.3 Å². The molecule has 370 valence electrons. The number of nitrogens with one attached hydrogen (secondary N) is 4. The Morgan fingerprint density at radius 2 is 1.24 bits per heavy atom. The molecule has 23 heteroatoms. The van der Waals surface area contributed by atoms with Gasteiger partial charge in [0.2, 0.25) is 20.0 Å². The fourth-order valence-corrected chi connectivity index (χ4v) is 12.5. The summed E-state index contributed by atoms with van der Waals surface area (Å²) in [7, 11) is -7.63. The largest absolute Gasteiger partial charge is 0.454 e. The maximum absolute atomic E-state index is 13.3. The predicted molar refractivity (Wildman–Crippen MR) is 264 cm³/mol. The van der Waals surface area contributed by atoms with Crippen molar-refractivity contribution in [2.24, 2.45) is 5.73 Å². The van der Waals surface area contributed by atoms with Gasteiger partial charge in [-0.3, -0.25) is 5.32 Å². The summed E-state index contributed by atoms with van der Waals surface area (Å²) >= 11 is 7.66. The highest BCUT2D eigenvalue weighted by atomic mass is 35.5. The van der Waals surface area contributed by atoms with E-state index >= 15 is 0 Å². The predicted octanol–water partition coefficient (Wildman–Crippen LogP) is 8.89. The molecule has 2 amide bonds. The van der Waals surface area contributed by atoms with E-state index in [1.54, 1.807) is 106 Å². The molecule has 0 spiro atoms. The first-order valence-corrected chi connectivity index (χ1v) is 26.6. The Bertz CT molecular complexity index is 2560. The lowest BCUT2D eigenvalue weighted by atomic mass is 9.81. The molecular formula is C44H63ClN8O10S4. The highest BCUT2D eigenvalue weighted by molar-refractivity contribution is 7.90. The quantitative estimate of drug-likeness (QED) is 0.0415. The van der Waals surface area contributed by atoms with Gasteiger partial charge in [0, 0.05) is 81.5 Å². The fourth-order valence-electron chi connectivity index (χ4n) is 6.72. The Hall–Kier alpha value is -4.42. The molecule has 2 saturated carbocycles. The zero-order valence-corrected chi connectivity index (χ0v) is 43.4. The van der Waals surface area contributed by atoms with Crippen LogP contribution in [0.25, 0.3) is 20.9 Å². The van der Waals surface area contributed by atoms with Crippen molar-refractivity contribution in [3.05, 3.63) is 58.8 Å². The third-order valence-electron chi connectivity index (χ3n) is 9.48. The van der Waals surface area contributed by atoms with Crippen LogP contribution in [0.3, 0.4) is 0 Å². The molecule has 4 aromatic rings. The van der Waals surface area contributed by atoms with Crippen molar-refractivity contribution in [1.82, 2.24) is 24.7 Å². The van der Waals surface area contributed by atoms with Crippen LogP contribution in [-0.4, -0.2) is 86.9 Å². The van der Waals surface area contributed by atoms with E-state index in [1.807, 2.05) is 0 Å². The number of ether oxygens (including phenoxy) is 3. The zero-order chi connectivity index (χ0) is 50.1. The number of aromatic nitrogens is 2. The molecule has 0 unspecified atom stereocenters. The SMILES string of the molecule is CC(C)(C)NS(=O)(=O)c1cc(N)ccc1-c1cnc(C2CC(N)C2)s1.CCOC(=O)Cl.CCOC(=O)Nc1ccc(-c2cnc(C3CC(NC(=O)OC(C)C)C3)s2)c(S(=O)(=O)NC(C)(C)C)c1. The first-order chi connectivity index (χ1) is 31.1. The van der Waals surface area contributed by atoms with E-state index in [4.69, 9.17) is 32.5 Å². The van der Waals surface area contributed by atoms with Gasteiger partial charge in [-0.25, -0.2) is 50.6 Å². The highest BCUT2D eigenvalue weighted by Gasteiger charge is 2.35. The fraction of sp³-hybridized carbons (Fsp3) is 0.523. The van der Waals surface area contributed by atoms with Gasteiger partial charge in [-0.05, 0) is 119 Å². The number of nitrogen functional groups attached to an aromatic ring is 1. The molecule has 18 nitrogen and oxygen atoms in total. The number of hydrogen-bond donors (Lipinski definition) is 6. The molecule has 2 heterocycles. The summed E-state index contributed by atoms with van der Waals surface area (Å²) in [5.74, 6) is 0.556. The third-order valence-corrected chi connectivity index (χ3v) is 15.6. The number of alkyl carbamates (subject to hydrolysis) is 1. The van der Waals surface area contributed by atoms with E-state index < -0.39 is 48.7 Å². The molecule has 2 aromatic carbocycles. The lowest BCUT2D eigenvalue weighted by Crippen LogP contribution is -2.44. The number of halogens is 1. The summed E-state index contributed by atoms with van der Waals surface area (Å²) in [6.07, 6.45) is 5.48. The minimum atomic E-state index is -3.93. The Kier molecular flexibility index (Phi) is 19.2. The number of carbonyl (C=O) groups excluding carboxylic acids is 3. The molecule has 2 aliphatic carbocycles. The maximum Gasteiger partial charge on any atom is 0.411 e.